The van der Waals surface area contributed by atoms with Gasteiger partial charge in [-0.05, 0) is 30.2 Å². The lowest BCUT2D eigenvalue weighted by Gasteiger charge is -2.22. The van der Waals surface area contributed by atoms with Crippen molar-refractivity contribution in [3.05, 3.63) is 28.8 Å². The van der Waals surface area contributed by atoms with Crippen LogP contribution in [0.15, 0.2) is 18.2 Å². The summed E-state index contributed by atoms with van der Waals surface area (Å²) in [7, 11) is 1.84. The molecule has 3 N–H and O–H groups in total. The number of nitrogens with one attached hydrogen (secondary N) is 1. The summed E-state index contributed by atoms with van der Waals surface area (Å²) in [6.45, 7) is 6.19. The summed E-state index contributed by atoms with van der Waals surface area (Å²) in [6.07, 6.45) is 0. The first-order valence-electron chi connectivity index (χ1n) is 6.38. The van der Waals surface area contributed by atoms with Crippen LogP contribution in [0, 0.1) is 5.92 Å². The van der Waals surface area contributed by atoms with Gasteiger partial charge in [0.05, 0.1) is 6.54 Å². The number of nitrogens with two attached hydrogens (primary N) is 1. The Hall–Kier alpha value is -1.26. The molecule has 5 heteroatoms. The maximum atomic E-state index is 11.0. The van der Waals surface area contributed by atoms with E-state index in [1.165, 1.54) is 0 Å². The molecule has 0 saturated carbocycles. The fourth-order valence-corrected chi connectivity index (χ4v) is 2.02. The third-order valence-corrected chi connectivity index (χ3v) is 2.95. The van der Waals surface area contributed by atoms with Crippen LogP contribution in [0.3, 0.4) is 0 Å². The molecule has 0 aromatic heterocycles. The zero-order valence-corrected chi connectivity index (χ0v) is 12.5. The number of likely N-dealkylation sites (N-methyl/N-ethyl adjacent to an activating group) is 1. The van der Waals surface area contributed by atoms with Crippen LogP contribution in [-0.2, 0) is 11.3 Å². The lowest BCUT2D eigenvalue weighted by Crippen LogP contribution is -2.31. The quantitative estimate of drug-likeness (QED) is 0.805. The zero-order valence-electron chi connectivity index (χ0n) is 11.7. The number of amides is 1. The summed E-state index contributed by atoms with van der Waals surface area (Å²) in [6, 6.07) is 5.69. The third-order valence-electron chi connectivity index (χ3n) is 2.72. The Morgan fingerprint density at radius 2 is 2.16 bits per heavy atom. The maximum absolute atomic E-state index is 11.0. The lowest BCUT2D eigenvalue weighted by molar-refractivity contribution is -0.116. The van der Waals surface area contributed by atoms with E-state index in [2.05, 4.69) is 19.2 Å². The standard InChI is InChI=1S/C14H22ClN3O/c1-10(2)7-17-8-11-4-5-12(15)6-13(11)18(3)9-14(16)19/h4-6,10,17H,7-9H2,1-3H3,(H2,16,19). The normalized spacial score (nSPS) is 10.8. The highest BCUT2D eigenvalue weighted by atomic mass is 35.5. The minimum atomic E-state index is -0.358. The molecule has 1 aromatic carbocycles. The number of hydrogen-bond donors (Lipinski definition) is 2. The van der Waals surface area contributed by atoms with Gasteiger partial charge in [-0.1, -0.05) is 31.5 Å². The minimum absolute atomic E-state index is 0.178. The average Bonchev–Trinajstić information content (AvgIpc) is 2.29. The van der Waals surface area contributed by atoms with E-state index in [1.54, 1.807) is 0 Å². The van der Waals surface area contributed by atoms with Crippen LogP contribution < -0.4 is 16.0 Å². The molecule has 0 radical (unpaired) electrons. The summed E-state index contributed by atoms with van der Waals surface area (Å²) in [5, 5.41) is 4.04. The van der Waals surface area contributed by atoms with Crippen LogP contribution in [0.4, 0.5) is 5.69 Å². The molecule has 19 heavy (non-hydrogen) atoms. The molecule has 0 atom stereocenters. The Labute approximate surface area is 119 Å². The van der Waals surface area contributed by atoms with Crippen molar-refractivity contribution in [2.45, 2.75) is 20.4 Å². The predicted molar refractivity (Wildman–Crippen MR) is 80.5 cm³/mol. The number of benzene rings is 1. The Kier molecular flexibility index (Phi) is 6.12. The smallest absolute Gasteiger partial charge is 0.236 e. The van der Waals surface area contributed by atoms with Crippen molar-refractivity contribution in [1.82, 2.24) is 5.32 Å². The number of carbonyl (C=O) groups excluding carboxylic acids is 1. The number of anilines is 1. The first-order chi connectivity index (χ1) is 8.90. The molecule has 106 valence electrons. The van der Waals surface area contributed by atoms with E-state index in [4.69, 9.17) is 17.3 Å². The van der Waals surface area contributed by atoms with Crippen LogP contribution >= 0.6 is 11.6 Å². The lowest BCUT2D eigenvalue weighted by atomic mass is 10.1. The van der Waals surface area contributed by atoms with E-state index < -0.39 is 0 Å². The van der Waals surface area contributed by atoms with Crippen molar-refractivity contribution < 1.29 is 4.79 Å². The number of rotatable bonds is 7. The van der Waals surface area contributed by atoms with Gasteiger partial charge in [0.15, 0.2) is 0 Å². The van der Waals surface area contributed by atoms with E-state index in [0.717, 1.165) is 24.3 Å². The molecule has 0 fully saturated rings. The molecule has 0 heterocycles. The van der Waals surface area contributed by atoms with Crippen LogP contribution in [-0.4, -0.2) is 26.0 Å². The van der Waals surface area contributed by atoms with Gasteiger partial charge in [-0.3, -0.25) is 4.79 Å². The molecule has 0 aliphatic rings. The summed E-state index contributed by atoms with van der Waals surface area (Å²) in [4.78, 5) is 12.8. The van der Waals surface area contributed by atoms with Gasteiger partial charge >= 0.3 is 0 Å². The van der Waals surface area contributed by atoms with Gasteiger partial charge in [0.2, 0.25) is 5.91 Å². The van der Waals surface area contributed by atoms with E-state index in [1.807, 2.05) is 30.1 Å². The second kappa shape index (κ2) is 7.36. The third kappa shape index (κ3) is 5.49. The molecule has 1 amide bonds. The van der Waals surface area contributed by atoms with Crippen LogP contribution in [0.1, 0.15) is 19.4 Å². The summed E-state index contributed by atoms with van der Waals surface area (Å²) in [5.41, 5.74) is 7.27. The highest BCUT2D eigenvalue weighted by molar-refractivity contribution is 6.30. The number of hydrogen-bond acceptors (Lipinski definition) is 3. The second-order valence-corrected chi connectivity index (χ2v) is 5.56. The predicted octanol–water partition coefficient (Wildman–Crippen LogP) is 2.01. The van der Waals surface area contributed by atoms with Crippen LogP contribution in [0.25, 0.3) is 0 Å². The largest absolute Gasteiger partial charge is 0.368 e. The van der Waals surface area contributed by atoms with Gasteiger partial charge in [0, 0.05) is 24.3 Å². The van der Waals surface area contributed by atoms with Crippen molar-refractivity contribution in [3.8, 4) is 0 Å². The Morgan fingerprint density at radius 1 is 1.47 bits per heavy atom. The fraction of sp³-hybridized carbons (Fsp3) is 0.500. The molecule has 0 aliphatic carbocycles. The van der Waals surface area contributed by atoms with E-state index in [-0.39, 0.29) is 12.5 Å². The summed E-state index contributed by atoms with van der Waals surface area (Å²) >= 11 is 6.02. The maximum Gasteiger partial charge on any atom is 0.236 e. The molecule has 4 nitrogen and oxygen atoms in total. The SMILES string of the molecule is CC(C)CNCc1ccc(Cl)cc1N(C)CC(N)=O. The first kappa shape index (κ1) is 15.8. The molecule has 0 unspecified atom stereocenters. The van der Waals surface area contributed by atoms with Crippen LogP contribution in [0.5, 0.6) is 0 Å². The van der Waals surface area contributed by atoms with Crippen molar-refractivity contribution >= 4 is 23.2 Å². The van der Waals surface area contributed by atoms with Crippen molar-refractivity contribution in [1.29, 1.82) is 0 Å². The topological polar surface area (TPSA) is 58.4 Å². The molecule has 0 bridgehead atoms. The summed E-state index contributed by atoms with van der Waals surface area (Å²) in [5.74, 6) is 0.239. The van der Waals surface area contributed by atoms with Crippen molar-refractivity contribution in [3.63, 3.8) is 0 Å². The van der Waals surface area contributed by atoms with Gasteiger partial charge in [-0.25, -0.2) is 0 Å². The number of primary amides is 1. The van der Waals surface area contributed by atoms with Gasteiger partial charge in [-0.15, -0.1) is 0 Å². The molecular weight excluding hydrogens is 262 g/mol. The Bertz CT molecular complexity index is 435. The van der Waals surface area contributed by atoms with E-state index in [9.17, 15) is 4.79 Å². The molecule has 0 aliphatic heterocycles. The van der Waals surface area contributed by atoms with Crippen molar-refractivity contribution in [2.75, 3.05) is 25.0 Å². The van der Waals surface area contributed by atoms with Crippen molar-refractivity contribution in [2.24, 2.45) is 11.7 Å². The zero-order chi connectivity index (χ0) is 14.4. The monoisotopic (exact) mass is 283 g/mol. The van der Waals surface area contributed by atoms with E-state index in [0.29, 0.717) is 10.9 Å². The summed E-state index contributed by atoms with van der Waals surface area (Å²) < 4.78 is 0. The Balaban J connectivity index is 2.81. The molecule has 0 saturated heterocycles. The highest BCUT2D eigenvalue weighted by Crippen LogP contribution is 2.24. The van der Waals surface area contributed by atoms with Gasteiger partial charge in [0.1, 0.15) is 0 Å². The Morgan fingerprint density at radius 3 is 2.74 bits per heavy atom. The highest BCUT2D eigenvalue weighted by Gasteiger charge is 2.10. The minimum Gasteiger partial charge on any atom is -0.368 e. The van der Waals surface area contributed by atoms with Gasteiger partial charge in [0.25, 0.3) is 0 Å². The molecule has 1 aromatic rings. The van der Waals surface area contributed by atoms with Gasteiger partial charge in [-0.2, -0.15) is 0 Å². The molecular formula is C14H22ClN3O. The van der Waals surface area contributed by atoms with E-state index >= 15 is 0 Å². The number of nitrogens with zero attached hydrogens (tertiary/aromatic N) is 1. The number of halogens is 1. The molecule has 0 spiro atoms. The van der Waals surface area contributed by atoms with Gasteiger partial charge < -0.3 is 16.0 Å². The first-order valence-corrected chi connectivity index (χ1v) is 6.76. The molecule has 1 rings (SSSR count). The van der Waals surface area contributed by atoms with Crippen LogP contribution in [0.2, 0.25) is 5.02 Å². The number of carbonyl (C=O) groups is 1. The average molecular weight is 284 g/mol. The second-order valence-electron chi connectivity index (χ2n) is 5.12. The fourth-order valence-electron chi connectivity index (χ4n) is 1.86.